The summed E-state index contributed by atoms with van der Waals surface area (Å²) in [5, 5.41) is 1.80. The number of aromatic nitrogens is 1. The third-order valence-corrected chi connectivity index (χ3v) is 6.76. The molecule has 2 aliphatic heterocycles. The molecule has 9 nitrogen and oxygen atoms in total. The van der Waals surface area contributed by atoms with Gasteiger partial charge < -0.3 is 14.4 Å². The lowest BCUT2D eigenvalue weighted by atomic mass is 9.96. The van der Waals surface area contributed by atoms with Crippen LogP contribution in [0.15, 0.2) is 29.6 Å². The van der Waals surface area contributed by atoms with Gasteiger partial charge in [0.1, 0.15) is 6.61 Å². The Morgan fingerprint density at radius 1 is 1.22 bits per heavy atom. The van der Waals surface area contributed by atoms with Crippen LogP contribution in [0.25, 0.3) is 0 Å². The molecule has 5 rings (SSSR count). The SMILES string of the molecule is CCOC(=O)c1nc(COC(=O)C23CCC(=O)N2c2ccccc2C(=O)N3C2CC2)cs1. The van der Waals surface area contributed by atoms with Crippen LogP contribution in [0.3, 0.4) is 0 Å². The third-order valence-electron chi connectivity index (χ3n) is 5.89. The molecule has 1 saturated heterocycles. The van der Waals surface area contributed by atoms with E-state index in [1.165, 1.54) is 4.90 Å². The number of nitrogens with zero attached hydrogens (tertiary/aromatic N) is 3. The van der Waals surface area contributed by atoms with E-state index in [-0.39, 0.29) is 48.9 Å². The minimum atomic E-state index is -1.50. The molecule has 1 aromatic heterocycles. The van der Waals surface area contributed by atoms with Gasteiger partial charge in [-0.15, -0.1) is 11.3 Å². The standard InChI is InChI=1S/C22H21N3O6S/c1-2-30-20(28)18-23-13(12-32-18)11-31-21(29)22-10-9-17(26)25(22)16-6-4-3-5-15(16)19(27)24(22)14-7-8-14/h3-6,12,14H,2,7-11H2,1H3. The molecule has 1 unspecified atom stereocenters. The Kier molecular flexibility index (Phi) is 4.96. The summed E-state index contributed by atoms with van der Waals surface area (Å²) >= 11 is 1.10. The summed E-state index contributed by atoms with van der Waals surface area (Å²) in [6, 6.07) is 6.75. The van der Waals surface area contributed by atoms with Crippen molar-refractivity contribution in [1.29, 1.82) is 0 Å². The molecule has 0 N–H and O–H groups in total. The number of amides is 2. The molecular formula is C22H21N3O6S. The molecule has 2 amide bonds. The summed E-state index contributed by atoms with van der Waals surface area (Å²) in [5.74, 6) is -1.67. The third kappa shape index (κ3) is 3.09. The highest BCUT2D eigenvalue weighted by Gasteiger charge is 2.64. The molecule has 1 aromatic carbocycles. The number of benzene rings is 1. The van der Waals surface area contributed by atoms with Crippen LogP contribution in [-0.2, 0) is 25.7 Å². The molecule has 32 heavy (non-hydrogen) atoms. The van der Waals surface area contributed by atoms with E-state index in [4.69, 9.17) is 9.47 Å². The number of rotatable bonds is 6. The van der Waals surface area contributed by atoms with Gasteiger partial charge in [-0.25, -0.2) is 14.6 Å². The summed E-state index contributed by atoms with van der Waals surface area (Å²) in [6.07, 6.45) is 1.87. The fraction of sp³-hybridized carbons (Fsp3) is 0.409. The van der Waals surface area contributed by atoms with Gasteiger partial charge in [0.2, 0.25) is 16.6 Å². The number of hydrogen-bond donors (Lipinski definition) is 0. The van der Waals surface area contributed by atoms with Gasteiger partial charge in [0.05, 0.1) is 23.6 Å². The van der Waals surface area contributed by atoms with Crippen LogP contribution in [0.2, 0.25) is 0 Å². The topological polar surface area (TPSA) is 106 Å². The largest absolute Gasteiger partial charge is 0.461 e. The second-order valence-corrected chi connectivity index (χ2v) is 8.77. The number of esters is 2. The molecule has 0 bridgehead atoms. The summed E-state index contributed by atoms with van der Waals surface area (Å²) in [6.45, 7) is 1.77. The van der Waals surface area contributed by atoms with Crippen LogP contribution in [0.4, 0.5) is 5.69 Å². The van der Waals surface area contributed by atoms with E-state index < -0.39 is 17.6 Å². The molecule has 0 radical (unpaired) electrons. The van der Waals surface area contributed by atoms with Gasteiger partial charge in [0, 0.05) is 24.3 Å². The van der Waals surface area contributed by atoms with Crippen LogP contribution < -0.4 is 4.90 Å². The molecule has 0 spiro atoms. The molecule has 1 atom stereocenters. The maximum Gasteiger partial charge on any atom is 0.367 e. The lowest BCUT2D eigenvalue weighted by Gasteiger charge is -2.48. The van der Waals surface area contributed by atoms with Crippen molar-refractivity contribution >= 4 is 40.8 Å². The number of para-hydroxylation sites is 1. The minimum absolute atomic E-state index is 0.105. The Balaban J connectivity index is 1.45. The Labute approximate surface area is 187 Å². The molecule has 2 aromatic rings. The van der Waals surface area contributed by atoms with Crippen LogP contribution in [-0.4, -0.2) is 51.9 Å². The summed E-state index contributed by atoms with van der Waals surface area (Å²) < 4.78 is 10.5. The molecule has 166 valence electrons. The van der Waals surface area contributed by atoms with Crippen molar-refractivity contribution in [3.8, 4) is 0 Å². The van der Waals surface area contributed by atoms with E-state index in [1.54, 1.807) is 41.5 Å². The van der Waals surface area contributed by atoms with Gasteiger partial charge in [-0.2, -0.15) is 0 Å². The molecule has 2 fully saturated rings. The second-order valence-electron chi connectivity index (χ2n) is 7.91. The highest BCUT2D eigenvalue weighted by Crippen LogP contribution is 2.49. The van der Waals surface area contributed by atoms with Gasteiger partial charge >= 0.3 is 11.9 Å². The summed E-state index contributed by atoms with van der Waals surface area (Å²) in [7, 11) is 0. The van der Waals surface area contributed by atoms with Crippen LogP contribution in [0.1, 0.15) is 58.5 Å². The van der Waals surface area contributed by atoms with Crippen LogP contribution >= 0.6 is 11.3 Å². The Bertz CT molecular complexity index is 1130. The predicted molar refractivity (Wildman–Crippen MR) is 113 cm³/mol. The first-order chi connectivity index (χ1) is 15.5. The average Bonchev–Trinajstić information content (AvgIpc) is 3.39. The van der Waals surface area contributed by atoms with Gasteiger partial charge in [-0.3, -0.25) is 14.5 Å². The zero-order valence-electron chi connectivity index (χ0n) is 17.4. The molecule has 3 aliphatic rings. The number of thiazole rings is 1. The van der Waals surface area contributed by atoms with Gasteiger partial charge in [0.25, 0.3) is 5.91 Å². The lowest BCUT2D eigenvalue weighted by molar-refractivity contribution is -0.159. The zero-order valence-corrected chi connectivity index (χ0v) is 18.2. The van der Waals surface area contributed by atoms with Crippen LogP contribution in [0, 0.1) is 0 Å². The van der Waals surface area contributed by atoms with E-state index in [2.05, 4.69) is 4.98 Å². The molecule has 3 heterocycles. The lowest BCUT2D eigenvalue weighted by Crippen LogP contribution is -2.69. The van der Waals surface area contributed by atoms with Crippen molar-refractivity contribution in [1.82, 2.24) is 9.88 Å². The maximum atomic E-state index is 13.5. The van der Waals surface area contributed by atoms with Crippen molar-refractivity contribution in [2.45, 2.75) is 50.9 Å². The monoisotopic (exact) mass is 455 g/mol. The normalized spacial score (nSPS) is 21.9. The fourth-order valence-electron chi connectivity index (χ4n) is 4.43. The molecule has 1 aliphatic carbocycles. The maximum absolute atomic E-state index is 13.5. The Morgan fingerprint density at radius 2 is 2.00 bits per heavy atom. The summed E-state index contributed by atoms with van der Waals surface area (Å²) in [5.41, 5.74) is -0.244. The first-order valence-corrected chi connectivity index (χ1v) is 11.4. The van der Waals surface area contributed by atoms with E-state index in [0.717, 1.165) is 24.2 Å². The van der Waals surface area contributed by atoms with Crippen molar-refractivity contribution in [3.63, 3.8) is 0 Å². The average molecular weight is 455 g/mol. The molecular weight excluding hydrogens is 434 g/mol. The fourth-order valence-corrected chi connectivity index (χ4v) is 5.12. The smallest absolute Gasteiger partial charge is 0.367 e. The van der Waals surface area contributed by atoms with Gasteiger partial charge in [-0.05, 0) is 31.9 Å². The number of anilines is 1. The molecule has 10 heteroatoms. The molecule has 1 saturated carbocycles. The quantitative estimate of drug-likeness (QED) is 0.616. The first-order valence-electron chi connectivity index (χ1n) is 10.5. The zero-order chi connectivity index (χ0) is 22.5. The number of fused-ring (bicyclic) bond motifs is 3. The van der Waals surface area contributed by atoms with Crippen molar-refractivity contribution < 1.29 is 28.7 Å². The van der Waals surface area contributed by atoms with Crippen molar-refractivity contribution in [2.75, 3.05) is 11.5 Å². The van der Waals surface area contributed by atoms with Crippen LogP contribution in [0.5, 0.6) is 0 Å². The number of carbonyl (C=O) groups excluding carboxylic acids is 4. The van der Waals surface area contributed by atoms with Gasteiger partial charge in [-0.1, -0.05) is 12.1 Å². The summed E-state index contributed by atoms with van der Waals surface area (Å²) in [4.78, 5) is 58.8. The van der Waals surface area contributed by atoms with Gasteiger partial charge in [0.15, 0.2) is 0 Å². The number of carbonyl (C=O) groups is 4. The van der Waals surface area contributed by atoms with Crippen molar-refractivity contribution in [2.24, 2.45) is 0 Å². The number of hydrogen-bond acceptors (Lipinski definition) is 8. The first kappa shape index (κ1) is 20.6. The highest BCUT2D eigenvalue weighted by molar-refractivity contribution is 7.11. The minimum Gasteiger partial charge on any atom is -0.461 e. The van der Waals surface area contributed by atoms with E-state index in [1.807, 2.05) is 0 Å². The Hall–Kier alpha value is -3.27. The second kappa shape index (κ2) is 7.70. The van der Waals surface area contributed by atoms with E-state index in [0.29, 0.717) is 16.9 Å². The Morgan fingerprint density at radius 3 is 2.75 bits per heavy atom. The van der Waals surface area contributed by atoms with E-state index >= 15 is 0 Å². The highest BCUT2D eigenvalue weighted by atomic mass is 32.1. The van der Waals surface area contributed by atoms with E-state index in [9.17, 15) is 19.2 Å². The van der Waals surface area contributed by atoms with Crippen molar-refractivity contribution in [3.05, 3.63) is 45.9 Å². The predicted octanol–water partition coefficient (Wildman–Crippen LogP) is 2.50. The number of ether oxygens (including phenoxy) is 2.